The van der Waals surface area contributed by atoms with Crippen LogP contribution in [0.25, 0.3) is 0 Å². The quantitative estimate of drug-likeness (QED) is 0.716. The number of fused-ring (bicyclic) bond motifs is 1. The van der Waals surface area contributed by atoms with Crippen molar-refractivity contribution >= 4 is 0 Å². The summed E-state index contributed by atoms with van der Waals surface area (Å²) in [7, 11) is 0. The molecule has 1 heterocycles. The fourth-order valence-electron chi connectivity index (χ4n) is 2.12. The number of hydrogen-bond acceptors (Lipinski definition) is 3. The summed E-state index contributed by atoms with van der Waals surface area (Å²) in [6.45, 7) is 1.27. The van der Waals surface area contributed by atoms with Gasteiger partial charge in [0.2, 0.25) is 0 Å². The molecule has 1 unspecified atom stereocenters. The Balaban J connectivity index is 1.85. The maximum atomic E-state index is 8.68. The van der Waals surface area contributed by atoms with Crippen LogP contribution in [0.15, 0.2) is 18.3 Å². The first-order valence-corrected chi connectivity index (χ1v) is 5.70. The van der Waals surface area contributed by atoms with Gasteiger partial charge in [-0.2, -0.15) is 0 Å². The zero-order valence-electron chi connectivity index (χ0n) is 8.95. The Kier molecular flexibility index (Phi) is 3.69. The van der Waals surface area contributed by atoms with Gasteiger partial charge in [0, 0.05) is 12.8 Å². The van der Waals surface area contributed by atoms with Gasteiger partial charge in [-0.05, 0) is 43.9 Å². The van der Waals surface area contributed by atoms with E-state index in [0.29, 0.717) is 12.6 Å². The number of nitrogens with one attached hydrogen (secondary N) is 1. The Morgan fingerprint density at radius 3 is 3.27 bits per heavy atom. The molecule has 1 atom stereocenters. The van der Waals surface area contributed by atoms with Crippen LogP contribution in [-0.2, 0) is 6.42 Å². The Hall–Kier alpha value is -0.930. The Morgan fingerprint density at radius 1 is 1.47 bits per heavy atom. The van der Waals surface area contributed by atoms with Gasteiger partial charge in [-0.3, -0.25) is 4.98 Å². The number of aryl methyl sites for hydroxylation is 1. The summed E-state index contributed by atoms with van der Waals surface area (Å²) in [5.74, 6) is 0. The van der Waals surface area contributed by atoms with Crippen molar-refractivity contribution in [2.24, 2.45) is 0 Å². The van der Waals surface area contributed by atoms with Gasteiger partial charge in [0.25, 0.3) is 0 Å². The van der Waals surface area contributed by atoms with E-state index in [-0.39, 0.29) is 0 Å². The van der Waals surface area contributed by atoms with Crippen molar-refractivity contribution in [3.63, 3.8) is 0 Å². The van der Waals surface area contributed by atoms with Crippen molar-refractivity contribution in [2.45, 2.75) is 31.7 Å². The highest BCUT2D eigenvalue weighted by molar-refractivity contribution is 5.27. The molecule has 3 heteroatoms. The molecule has 1 aromatic rings. The molecule has 0 aliphatic heterocycles. The van der Waals surface area contributed by atoms with E-state index in [0.717, 1.165) is 32.2 Å². The lowest BCUT2D eigenvalue weighted by Crippen LogP contribution is -2.21. The number of aliphatic hydroxyl groups is 1. The number of nitrogens with zero attached hydrogens (tertiary/aromatic N) is 1. The third kappa shape index (κ3) is 2.55. The third-order valence-corrected chi connectivity index (χ3v) is 2.93. The molecule has 1 aromatic heterocycles. The van der Waals surface area contributed by atoms with Crippen molar-refractivity contribution in [2.75, 3.05) is 13.2 Å². The van der Waals surface area contributed by atoms with E-state index >= 15 is 0 Å². The molecule has 0 spiro atoms. The second-order valence-corrected chi connectivity index (χ2v) is 4.02. The highest BCUT2D eigenvalue weighted by atomic mass is 16.2. The van der Waals surface area contributed by atoms with Crippen molar-refractivity contribution in [3.05, 3.63) is 29.6 Å². The minimum Gasteiger partial charge on any atom is -0.396 e. The monoisotopic (exact) mass is 206 g/mol. The number of rotatable bonds is 5. The Labute approximate surface area is 90.5 Å². The molecule has 0 saturated carbocycles. The molecule has 3 nitrogen and oxygen atoms in total. The second kappa shape index (κ2) is 5.24. The standard InChI is InChI=1S/C12H18N2O/c15-9-2-1-7-13-11-6-5-10-4-3-8-14-12(10)11/h3-4,8,11,13,15H,1-2,5-7,9H2. The number of pyridine rings is 1. The normalized spacial score (nSPS) is 19.1. The van der Waals surface area contributed by atoms with Gasteiger partial charge in [0.05, 0.1) is 11.7 Å². The second-order valence-electron chi connectivity index (χ2n) is 4.02. The highest BCUT2D eigenvalue weighted by Crippen LogP contribution is 2.28. The molecular formula is C12H18N2O. The van der Waals surface area contributed by atoms with Crippen LogP contribution in [0.5, 0.6) is 0 Å². The summed E-state index contributed by atoms with van der Waals surface area (Å²) in [5, 5.41) is 12.2. The zero-order valence-corrected chi connectivity index (χ0v) is 8.95. The first-order valence-electron chi connectivity index (χ1n) is 5.70. The molecule has 0 aromatic carbocycles. The molecule has 15 heavy (non-hydrogen) atoms. The van der Waals surface area contributed by atoms with Gasteiger partial charge in [-0.15, -0.1) is 0 Å². The van der Waals surface area contributed by atoms with Crippen molar-refractivity contribution in [1.82, 2.24) is 10.3 Å². The first kappa shape index (κ1) is 10.6. The molecule has 2 rings (SSSR count). The fraction of sp³-hybridized carbons (Fsp3) is 0.583. The summed E-state index contributed by atoms with van der Waals surface area (Å²) in [6, 6.07) is 4.60. The average Bonchev–Trinajstić information content (AvgIpc) is 2.68. The van der Waals surface area contributed by atoms with Crippen LogP contribution in [0.2, 0.25) is 0 Å². The van der Waals surface area contributed by atoms with Gasteiger partial charge in [0.15, 0.2) is 0 Å². The van der Waals surface area contributed by atoms with Crippen LogP contribution in [-0.4, -0.2) is 23.2 Å². The summed E-state index contributed by atoms with van der Waals surface area (Å²) >= 11 is 0. The van der Waals surface area contributed by atoms with Gasteiger partial charge in [0.1, 0.15) is 0 Å². The molecular weight excluding hydrogens is 188 g/mol. The smallest absolute Gasteiger partial charge is 0.0605 e. The van der Waals surface area contributed by atoms with Crippen LogP contribution in [0.4, 0.5) is 0 Å². The first-order chi connectivity index (χ1) is 7.42. The van der Waals surface area contributed by atoms with E-state index < -0.39 is 0 Å². The minimum atomic E-state index is 0.293. The summed E-state index contributed by atoms with van der Waals surface area (Å²) in [5.41, 5.74) is 2.61. The Morgan fingerprint density at radius 2 is 2.40 bits per heavy atom. The van der Waals surface area contributed by atoms with Crippen LogP contribution in [0.1, 0.15) is 36.6 Å². The summed E-state index contributed by atoms with van der Waals surface area (Å²) in [4.78, 5) is 4.43. The molecule has 0 fully saturated rings. The van der Waals surface area contributed by atoms with Crippen molar-refractivity contribution in [3.8, 4) is 0 Å². The highest BCUT2D eigenvalue weighted by Gasteiger charge is 2.22. The Bertz CT molecular complexity index is 314. The van der Waals surface area contributed by atoms with E-state index in [2.05, 4.69) is 16.4 Å². The molecule has 82 valence electrons. The molecule has 1 aliphatic rings. The van der Waals surface area contributed by atoms with Crippen LogP contribution < -0.4 is 5.32 Å². The van der Waals surface area contributed by atoms with Gasteiger partial charge < -0.3 is 10.4 Å². The van der Waals surface area contributed by atoms with E-state index in [1.54, 1.807) is 0 Å². The van der Waals surface area contributed by atoms with Gasteiger partial charge in [-0.1, -0.05) is 6.07 Å². The predicted molar refractivity (Wildman–Crippen MR) is 59.6 cm³/mol. The zero-order chi connectivity index (χ0) is 10.5. The molecule has 0 amide bonds. The van der Waals surface area contributed by atoms with E-state index in [9.17, 15) is 0 Å². The molecule has 0 saturated heterocycles. The van der Waals surface area contributed by atoms with Crippen LogP contribution >= 0.6 is 0 Å². The lowest BCUT2D eigenvalue weighted by Gasteiger charge is -2.12. The predicted octanol–water partition coefficient (Wildman–Crippen LogP) is 1.43. The van der Waals surface area contributed by atoms with E-state index in [1.165, 1.54) is 11.3 Å². The van der Waals surface area contributed by atoms with Crippen LogP contribution in [0.3, 0.4) is 0 Å². The maximum Gasteiger partial charge on any atom is 0.0605 e. The number of hydrogen-bond donors (Lipinski definition) is 2. The summed E-state index contributed by atoms with van der Waals surface area (Å²) < 4.78 is 0. The molecule has 0 bridgehead atoms. The van der Waals surface area contributed by atoms with E-state index in [4.69, 9.17) is 5.11 Å². The number of unbranched alkanes of at least 4 members (excludes halogenated alkanes) is 1. The van der Waals surface area contributed by atoms with Crippen molar-refractivity contribution in [1.29, 1.82) is 0 Å². The summed E-state index contributed by atoms with van der Waals surface area (Å²) in [6.07, 6.45) is 6.09. The lowest BCUT2D eigenvalue weighted by molar-refractivity contribution is 0.282. The molecule has 1 aliphatic carbocycles. The van der Waals surface area contributed by atoms with Gasteiger partial charge in [-0.25, -0.2) is 0 Å². The van der Waals surface area contributed by atoms with E-state index in [1.807, 2.05) is 12.3 Å². The van der Waals surface area contributed by atoms with Gasteiger partial charge >= 0.3 is 0 Å². The topological polar surface area (TPSA) is 45.1 Å². The number of aliphatic hydroxyl groups excluding tert-OH is 1. The number of aromatic nitrogens is 1. The maximum absolute atomic E-state index is 8.68. The fourth-order valence-corrected chi connectivity index (χ4v) is 2.12. The molecule has 0 radical (unpaired) electrons. The largest absolute Gasteiger partial charge is 0.396 e. The average molecular weight is 206 g/mol. The van der Waals surface area contributed by atoms with Crippen molar-refractivity contribution < 1.29 is 5.11 Å². The lowest BCUT2D eigenvalue weighted by atomic mass is 10.2. The van der Waals surface area contributed by atoms with Crippen LogP contribution in [0, 0.1) is 0 Å². The minimum absolute atomic E-state index is 0.293. The SMILES string of the molecule is OCCCCNC1CCc2cccnc21. The molecule has 2 N–H and O–H groups in total. The third-order valence-electron chi connectivity index (χ3n) is 2.93.